The zero-order valence-corrected chi connectivity index (χ0v) is 10.8. The van der Waals surface area contributed by atoms with E-state index < -0.39 is 0 Å². The van der Waals surface area contributed by atoms with Crippen molar-refractivity contribution in [2.24, 2.45) is 5.41 Å². The molecule has 5 nitrogen and oxygen atoms in total. The highest BCUT2D eigenvalue weighted by Gasteiger charge is 2.31. The quantitative estimate of drug-likeness (QED) is 0.742. The van der Waals surface area contributed by atoms with Crippen LogP contribution in [-0.2, 0) is 4.79 Å². The van der Waals surface area contributed by atoms with Gasteiger partial charge >= 0.3 is 0 Å². The molecule has 1 aromatic rings. The Morgan fingerprint density at radius 1 is 1.41 bits per heavy atom. The number of nitrogens with zero attached hydrogens (tertiary/aromatic N) is 4. The number of carbonyl (C=O) groups excluding carboxylic acids is 1. The number of rotatable bonds is 1. The summed E-state index contributed by atoms with van der Waals surface area (Å²) in [5, 5.41) is 4.16. The van der Waals surface area contributed by atoms with Crippen LogP contribution in [0.15, 0.2) is 12.7 Å². The highest BCUT2D eigenvalue weighted by molar-refractivity contribution is 5.81. The van der Waals surface area contributed by atoms with E-state index in [1.165, 1.54) is 0 Å². The summed E-state index contributed by atoms with van der Waals surface area (Å²) in [6.07, 6.45) is 5.38. The molecule has 0 aromatic carbocycles. The van der Waals surface area contributed by atoms with Crippen molar-refractivity contribution in [1.82, 2.24) is 19.7 Å². The van der Waals surface area contributed by atoms with Crippen LogP contribution in [0.5, 0.6) is 0 Å². The van der Waals surface area contributed by atoms with E-state index in [-0.39, 0.29) is 17.4 Å². The molecule has 1 aliphatic rings. The molecule has 0 saturated carbocycles. The number of likely N-dealkylation sites (tertiary alicyclic amines) is 1. The summed E-state index contributed by atoms with van der Waals surface area (Å²) in [6.45, 7) is 7.51. The van der Waals surface area contributed by atoms with Gasteiger partial charge in [-0.1, -0.05) is 20.8 Å². The molecule has 94 valence electrons. The first-order valence-electron chi connectivity index (χ1n) is 6.12. The van der Waals surface area contributed by atoms with Crippen LogP contribution >= 0.6 is 0 Å². The largest absolute Gasteiger partial charge is 0.340 e. The Kier molecular flexibility index (Phi) is 3.17. The van der Waals surface area contributed by atoms with Gasteiger partial charge in [0.1, 0.15) is 12.7 Å². The lowest BCUT2D eigenvalue weighted by Gasteiger charge is -2.36. The normalized spacial score (nSPS) is 21.6. The van der Waals surface area contributed by atoms with Crippen molar-refractivity contribution < 1.29 is 4.79 Å². The van der Waals surface area contributed by atoms with Crippen molar-refractivity contribution in [2.45, 2.75) is 39.7 Å². The topological polar surface area (TPSA) is 51.0 Å². The molecule has 1 fully saturated rings. The molecule has 1 aromatic heterocycles. The van der Waals surface area contributed by atoms with Gasteiger partial charge in [0.05, 0.1) is 6.04 Å². The van der Waals surface area contributed by atoms with E-state index in [9.17, 15) is 4.79 Å². The number of hydrogen-bond acceptors (Lipinski definition) is 3. The summed E-state index contributed by atoms with van der Waals surface area (Å²) in [5.74, 6) is 0.224. The monoisotopic (exact) mass is 236 g/mol. The molecule has 2 rings (SSSR count). The maximum atomic E-state index is 12.2. The smallest absolute Gasteiger partial charge is 0.228 e. The standard InChI is InChI=1S/C12H20N4O/c1-12(2,3)11(17)15-6-4-5-10(7-15)16-9-13-8-14-16/h8-10H,4-7H2,1-3H3/t10-/m1/s1. The highest BCUT2D eigenvalue weighted by Crippen LogP contribution is 2.25. The number of piperidine rings is 1. The van der Waals surface area contributed by atoms with Crippen molar-refractivity contribution in [2.75, 3.05) is 13.1 Å². The van der Waals surface area contributed by atoms with Gasteiger partial charge in [-0.25, -0.2) is 9.67 Å². The third kappa shape index (κ3) is 2.65. The van der Waals surface area contributed by atoms with Gasteiger partial charge in [-0.15, -0.1) is 0 Å². The highest BCUT2D eigenvalue weighted by atomic mass is 16.2. The van der Waals surface area contributed by atoms with Crippen LogP contribution in [0.2, 0.25) is 0 Å². The minimum absolute atomic E-state index is 0.224. The van der Waals surface area contributed by atoms with Gasteiger partial charge in [0.15, 0.2) is 0 Å². The molecule has 1 aliphatic heterocycles. The Morgan fingerprint density at radius 2 is 2.18 bits per heavy atom. The molecule has 17 heavy (non-hydrogen) atoms. The average molecular weight is 236 g/mol. The minimum atomic E-state index is -0.301. The molecular formula is C12H20N4O. The zero-order valence-electron chi connectivity index (χ0n) is 10.8. The molecule has 1 atom stereocenters. The molecule has 0 aliphatic carbocycles. The van der Waals surface area contributed by atoms with E-state index >= 15 is 0 Å². The fourth-order valence-electron chi connectivity index (χ4n) is 2.24. The Labute approximate surface area is 102 Å². The van der Waals surface area contributed by atoms with Gasteiger partial charge in [0.25, 0.3) is 0 Å². The average Bonchev–Trinajstić information content (AvgIpc) is 2.80. The lowest BCUT2D eigenvalue weighted by atomic mass is 9.93. The van der Waals surface area contributed by atoms with Crippen LogP contribution < -0.4 is 0 Å². The summed E-state index contributed by atoms with van der Waals surface area (Å²) in [6, 6.07) is 0.276. The van der Waals surface area contributed by atoms with E-state index in [1.54, 1.807) is 12.7 Å². The van der Waals surface area contributed by atoms with Gasteiger partial charge in [-0.2, -0.15) is 5.10 Å². The van der Waals surface area contributed by atoms with Crippen LogP contribution in [0.3, 0.4) is 0 Å². The SMILES string of the molecule is CC(C)(C)C(=O)N1CCC[C@@H](n2cncn2)C1. The lowest BCUT2D eigenvalue weighted by Crippen LogP contribution is -2.45. The van der Waals surface area contributed by atoms with Crippen molar-refractivity contribution in [1.29, 1.82) is 0 Å². The van der Waals surface area contributed by atoms with Crippen LogP contribution in [0, 0.1) is 5.41 Å². The predicted octanol–water partition coefficient (Wildman–Crippen LogP) is 1.49. The first kappa shape index (κ1) is 12.1. The molecule has 0 bridgehead atoms. The number of amides is 1. The van der Waals surface area contributed by atoms with E-state index in [4.69, 9.17) is 0 Å². The maximum Gasteiger partial charge on any atom is 0.228 e. The van der Waals surface area contributed by atoms with Crippen molar-refractivity contribution in [3.8, 4) is 0 Å². The van der Waals surface area contributed by atoms with Crippen LogP contribution in [-0.4, -0.2) is 38.7 Å². The summed E-state index contributed by atoms with van der Waals surface area (Å²) in [5.41, 5.74) is -0.301. The molecule has 5 heteroatoms. The fraction of sp³-hybridized carbons (Fsp3) is 0.750. The number of hydrogen-bond donors (Lipinski definition) is 0. The van der Waals surface area contributed by atoms with Crippen LogP contribution in [0.1, 0.15) is 39.7 Å². The fourth-order valence-corrected chi connectivity index (χ4v) is 2.24. The second-order valence-corrected chi connectivity index (χ2v) is 5.67. The van der Waals surface area contributed by atoms with E-state index in [2.05, 4.69) is 10.1 Å². The number of aromatic nitrogens is 3. The predicted molar refractivity (Wildman–Crippen MR) is 64.3 cm³/mol. The van der Waals surface area contributed by atoms with Crippen molar-refractivity contribution in [3.05, 3.63) is 12.7 Å². The molecule has 0 radical (unpaired) electrons. The summed E-state index contributed by atoms with van der Waals surface area (Å²) >= 11 is 0. The van der Waals surface area contributed by atoms with E-state index in [0.29, 0.717) is 0 Å². The third-order valence-electron chi connectivity index (χ3n) is 3.14. The second kappa shape index (κ2) is 4.47. The van der Waals surface area contributed by atoms with E-state index in [0.717, 1.165) is 25.9 Å². The minimum Gasteiger partial charge on any atom is -0.340 e. The molecule has 1 saturated heterocycles. The van der Waals surface area contributed by atoms with Gasteiger partial charge in [-0.05, 0) is 12.8 Å². The molecule has 0 unspecified atom stereocenters. The third-order valence-corrected chi connectivity index (χ3v) is 3.14. The van der Waals surface area contributed by atoms with Crippen LogP contribution in [0.25, 0.3) is 0 Å². The first-order valence-corrected chi connectivity index (χ1v) is 6.12. The summed E-state index contributed by atoms with van der Waals surface area (Å²) in [4.78, 5) is 18.1. The molecule has 2 heterocycles. The molecule has 0 spiro atoms. The van der Waals surface area contributed by atoms with Gasteiger partial charge < -0.3 is 4.90 Å². The van der Waals surface area contributed by atoms with Gasteiger partial charge in [0.2, 0.25) is 5.91 Å². The Hall–Kier alpha value is -1.39. The molecule has 1 amide bonds. The van der Waals surface area contributed by atoms with Crippen molar-refractivity contribution in [3.63, 3.8) is 0 Å². The lowest BCUT2D eigenvalue weighted by molar-refractivity contribution is -0.141. The molecule has 0 N–H and O–H groups in total. The maximum absolute atomic E-state index is 12.2. The summed E-state index contributed by atoms with van der Waals surface area (Å²) in [7, 11) is 0. The van der Waals surface area contributed by atoms with E-state index in [1.807, 2.05) is 30.4 Å². The first-order chi connectivity index (χ1) is 7.98. The Morgan fingerprint density at radius 3 is 2.76 bits per heavy atom. The van der Waals surface area contributed by atoms with Crippen molar-refractivity contribution >= 4 is 5.91 Å². The van der Waals surface area contributed by atoms with Gasteiger partial charge in [-0.3, -0.25) is 4.79 Å². The second-order valence-electron chi connectivity index (χ2n) is 5.67. The number of carbonyl (C=O) groups is 1. The van der Waals surface area contributed by atoms with Gasteiger partial charge in [0, 0.05) is 18.5 Å². The summed E-state index contributed by atoms with van der Waals surface area (Å²) < 4.78 is 1.86. The Bertz CT molecular complexity index is 380. The Balaban J connectivity index is 2.05. The zero-order chi connectivity index (χ0) is 12.5. The molecular weight excluding hydrogens is 216 g/mol. The van der Waals surface area contributed by atoms with Crippen LogP contribution in [0.4, 0.5) is 0 Å².